The van der Waals surface area contributed by atoms with Crippen LogP contribution in [0.15, 0.2) is 78.9 Å². The van der Waals surface area contributed by atoms with Crippen LogP contribution in [0, 0.1) is 0 Å². The Balaban J connectivity index is 1.61. The van der Waals surface area contributed by atoms with Crippen molar-refractivity contribution in [3.8, 4) is 11.5 Å². The highest BCUT2D eigenvalue weighted by Crippen LogP contribution is 2.19. The van der Waals surface area contributed by atoms with Crippen molar-refractivity contribution < 1.29 is 14.3 Å². The van der Waals surface area contributed by atoms with Crippen LogP contribution in [0.2, 0.25) is 0 Å². The first kappa shape index (κ1) is 17.7. The van der Waals surface area contributed by atoms with E-state index in [0.29, 0.717) is 24.3 Å². The summed E-state index contributed by atoms with van der Waals surface area (Å²) < 4.78 is 11.3. The van der Waals surface area contributed by atoms with Crippen molar-refractivity contribution in [1.82, 2.24) is 0 Å². The van der Waals surface area contributed by atoms with Crippen molar-refractivity contribution in [2.24, 2.45) is 0 Å². The van der Waals surface area contributed by atoms with Gasteiger partial charge in [0, 0.05) is 11.1 Å². The number of hydrogen-bond donors (Lipinski definition) is 0. The maximum Gasteiger partial charge on any atom is 0.193 e. The van der Waals surface area contributed by atoms with Gasteiger partial charge in [-0.25, -0.2) is 0 Å². The molecule has 0 atom stereocenters. The van der Waals surface area contributed by atoms with Crippen molar-refractivity contribution in [2.75, 3.05) is 6.61 Å². The van der Waals surface area contributed by atoms with Crippen LogP contribution in [-0.2, 0) is 6.61 Å². The van der Waals surface area contributed by atoms with Gasteiger partial charge in [0.15, 0.2) is 5.78 Å². The van der Waals surface area contributed by atoms with Gasteiger partial charge in [0.05, 0.1) is 6.61 Å². The van der Waals surface area contributed by atoms with Gasteiger partial charge in [0.1, 0.15) is 18.1 Å². The van der Waals surface area contributed by atoms with Crippen molar-refractivity contribution in [2.45, 2.75) is 20.0 Å². The average molecular weight is 346 g/mol. The Morgan fingerprint density at radius 2 is 1.27 bits per heavy atom. The van der Waals surface area contributed by atoms with Gasteiger partial charge in [-0.1, -0.05) is 37.3 Å². The van der Waals surface area contributed by atoms with E-state index in [9.17, 15) is 4.79 Å². The number of ether oxygens (including phenoxy) is 2. The first-order valence-electron chi connectivity index (χ1n) is 8.80. The third-order valence-corrected chi connectivity index (χ3v) is 3.95. The zero-order valence-electron chi connectivity index (χ0n) is 14.9. The van der Waals surface area contributed by atoms with Gasteiger partial charge in [-0.15, -0.1) is 0 Å². The van der Waals surface area contributed by atoms with Crippen LogP contribution < -0.4 is 9.47 Å². The quantitative estimate of drug-likeness (QED) is 0.520. The molecule has 3 aromatic carbocycles. The highest BCUT2D eigenvalue weighted by atomic mass is 16.5. The monoisotopic (exact) mass is 346 g/mol. The highest BCUT2D eigenvalue weighted by molar-refractivity contribution is 6.09. The second kappa shape index (κ2) is 8.86. The van der Waals surface area contributed by atoms with Crippen molar-refractivity contribution in [3.63, 3.8) is 0 Å². The SMILES string of the molecule is CCCOc1ccc(C(=O)c2ccc(OCc3ccccc3)cc2)cc1. The molecule has 0 aliphatic heterocycles. The van der Waals surface area contributed by atoms with Crippen molar-refractivity contribution in [1.29, 1.82) is 0 Å². The number of carbonyl (C=O) groups excluding carboxylic acids is 1. The summed E-state index contributed by atoms with van der Waals surface area (Å²) in [6.07, 6.45) is 0.958. The molecular formula is C23H22O3. The van der Waals surface area contributed by atoms with E-state index in [1.54, 1.807) is 24.3 Å². The van der Waals surface area contributed by atoms with E-state index in [0.717, 1.165) is 23.5 Å². The maximum atomic E-state index is 12.6. The van der Waals surface area contributed by atoms with E-state index in [1.807, 2.05) is 54.6 Å². The number of benzene rings is 3. The van der Waals surface area contributed by atoms with Gasteiger partial charge in [0.25, 0.3) is 0 Å². The fraction of sp³-hybridized carbons (Fsp3) is 0.174. The molecule has 0 radical (unpaired) electrons. The van der Waals surface area contributed by atoms with E-state index < -0.39 is 0 Å². The molecule has 0 saturated heterocycles. The number of ketones is 1. The molecule has 3 heteroatoms. The Morgan fingerprint density at radius 3 is 1.81 bits per heavy atom. The Kier molecular flexibility index (Phi) is 6.05. The van der Waals surface area contributed by atoms with Gasteiger partial charge < -0.3 is 9.47 Å². The second-order valence-electron chi connectivity index (χ2n) is 6.00. The van der Waals surface area contributed by atoms with E-state index >= 15 is 0 Å². The highest BCUT2D eigenvalue weighted by Gasteiger charge is 2.09. The molecule has 132 valence electrons. The molecule has 0 bridgehead atoms. The van der Waals surface area contributed by atoms with Gasteiger partial charge in [0.2, 0.25) is 0 Å². The summed E-state index contributed by atoms with van der Waals surface area (Å²) in [6, 6.07) is 24.5. The van der Waals surface area contributed by atoms with Gasteiger partial charge in [-0.2, -0.15) is 0 Å². The molecule has 0 aromatic heterocycles. The zero-order valence-corrected chi connectivity index (χ0v) is 14.9. The predicted molar refractivity (Wildman–Crippen MR) is 103 cm³/mol. The molecule has 3 nitrogen and oxygen atoms in total. The van der Waals surface area contributed by atoms with Gasteiger partial charge in [-0.3, -0.25) is 4.79 Å². The molecule has 0 unspecified atom stereocenters. The fourth-order valence-corrected chi connectivity index (χ4v) is 2.53. The Morgan fingerprint density at radius 1 is 0.731 bits per heavy atom. The maximum absolute atomic E-state index is 12.6. The Hall–Kier alpha value is -3.07. The van der Waals surface area contributed by atoms with Crippen LogP contribution in [0.1, 0.15) is 34.8 Å². The molecule has 3 rings (SSSR count). The predicted octanol–water partition coefficient (Wildman–Crippen LogP) is 5.29. The minimum absolute atomic E-state index is 0.0124. The summed E-state index contributed by atoms with van der Waals surface area (Å²) in [4.78, 5) is 12.6. The van der Waals surface area contributed by atoms with Gasteiger partial charge >= 0.3 is 0 Å². The minimum atomic E-state index is -0.0124. The van der Waals surface area contributed by atoms with Crippen molar-refractivity contribution >= 4 is 5.78 Å². The Bertz CT molecular complexity index is 822. The lowest BCUT2D eigenvalue weighted by Crippen LogP contribution is -2.02. The number of carbonyl (C=O) groups is 1. The molecule has 0 aliphatic carbocycles. The smallest absolute Gasteiger partial charge is 0.193 e. The normalized spacial score (nSPS) is 10.3. The number of rotatable bonds is 8. The lowest BCUT2D eigenvalue weighted by molar-refractivity contribution is 0.103. The molecular weight excluding hydrogens is 324 g/mol. The Labute approximate surface area is 154 Å². The van der Waals surface area contributed by atoms with Crippen LogP contribution in [0.4, 0.5) is 0 Å². The topological polar surface area (TPSA) is 35.5 Å². The van der Waals surface area contributed by atoms with Crippen LogP contribution in [-0.4, -0.2) is 12.4 Å². The minimum Gasteiger partial charge on any atom is -0.494 e. The van der Waals surface area contributed by atoms with E-state index in [2.05, 4.69) is 6.92 Å². The molecule has 0 aliphatic rings. The van der Waals surface area contributed by atoms with Gasteiger partial charge in [-0.05, 0) is 60.5 Å². The largest absolute Gasteiger partial charge is 0.494 e. The molecule has 0 amide bonds. The molecule has 3 aromatic rings. The first-order chi connectivity index (χ1) is 12.8. The zero-order chi connectivity index (χ0) is 18.2. The summed E-state index contributed by atoms with van der Waals surface area (Å²) in [7, 11) is 0. The summed E-state index contributed by atoms with van der Waals surface area (Å²) in [5.74, 6) is 1.52. The summed E-state index contributed by atoms with van der Waals surface area (Å²) in [6.45, 7) is 3.25. The first-order valence-corrected chi connectivity index (χ1v) is 8.80. The molecule has 0 fully saturated rings. The molecule has 0 N–H and O–H groups in total. The third kappa shape index (κ3) is 4.73. The number of hydrogen-bond acceptors (Lipinski definition) is 3. The second-order valence-corrected chi connectivity index (χ2v) is 6.00. The van der Waals surface area contributed by atoms with Crippen LogP contribution in [0.25, 0.3) is 0 Å². The van der Waals surface area contributed by atoms with E-state index in [4.69, 9.17) is 9.47 Å². The molecule has 26 heavy (non-hydrogen) atoms. The van der Waals surface area contributed by atoms with E-state index in [1.165, 1.54) is 0 Å². The van der Waals surface area contributed by atoms with Crippen molar-refractivity contribution in [3.05, 3.63) is 95.6 Å². The third-order valence-electron chi connectivity index (χ3n) is 3.95. The standard InChI is InChI=1S/C23H22O3/c1-2-16-25-21-12-8-19(9-13-21)23(24)20-10-14-22(15-11-20)26-17-18-6-4-3-5-7-18/h3-15H,2,16-17H2,1H3. The molecule has 0 saturated carbocycles. The fourth-order valence-electron chi connectivity index (χ4n) is 2.53. The molecule has 0 heterocycles. The lowest BCUT2D eigenvalue weighted by Gasteiger charge is -2.08. The van der Waals surface area contributed by atoms with Crippen LogP contribution in [0.5, 0.6) is 11.5 Å². The van der Waals surface area contributed by atoms with Crippen LogP contribution >= 0.6 is 0 Å². The molecule has 0 spiro atoms. The average Bonchev–Trinajstić information content (AvgIpc) is 2.72. The van der Waals surface area contributed by atoms with E-state index in [-0.39, 0.29) is 5.78 Å². The summed E-state index contributed by atoms with van der Waals surface area (Å²) in [5, 5.41) is 0. The lowest BCUT2D eigenvalue weighted by atomic mass is 10.0. The summed E-state index contributed by atoms with van der Waals surface area (Å²) in [5.41, 5.74) is 2.39. The summed E-state index contributed by atoms with van der Waals surface area (Å²) >= 11 is 0. The van der Waals surface area contributed by atoms with Crippen LogP contribution in [0.3, 0.4) is 0 Å².